The molecule has 94 valence electrons. The van der Waals surface area contributed by atoms with Crippen LogP contribution in [0.5, 0.6) is 0 Å². The minimum atomic E-state index is -0.00296. The van der Waals surface area contributed by atoms with Crippen LogP contribution in [-0.2, 0) is 16.1 Å². The molecule has 0 heterocycles. The van der Waals surface area contributed by atoms with Crippen molar-refractivity contribution in [1.82, 2.24) is 10.6 Å². The van der Waals surface area contributed by atoms with E-state index >= 15 is 0 Å². The molecule has 0 spiro atoms. The van der Waals surface area contributed by atoms with Gasteiger partial charge < -0.3 is 15.4 Å². The minimum absolute atomic E-state index is 0.00296. The lowest BCUT2D eigenvalue weighted by atomic mass is 10.2. The Morgan fingerprint density at radius 1 is 1.35 bits per heavy atom. The van der Waals surface area contributed by atoms with Crippen LogP contribution in [0.4, 0.5) is 0 Å². The van der Waals surface area contributed by atoms with Gasteiger partial charge in [-0.15, -0.1) is 0 Å². The molecule has 1 rings (SSSR count). The van der Waals surface area contributed by atoms with Gasteiger partial charge in [-0.25, -0.2) is 0 Å². The molecule has 0 radical (unpaired) electrons. The van der Waals surface area contributed by atoms with Gasteiger partial charge in [-0.2, -0.15) is 0 Å². The van der Waals surface area contributed by atoms with E-state index in [0.29, 0.717) is 19.7 Å². The van der Waals surface area contributed by atoms with Gasteiger partial charge in [0.05, 0.1) is 13.2 Å². The van der Waals surface area contributed by atoms with Crippen molar-refractivity contribution in [2.24, 2.45) is 0 Å². The summed E-state index contributed by atoms with van der Waals surface area (Å²) in [5.41, 5.74) is 1.10. The van der Waals surface area contributed by atoms with Crippen LogP contribution in [0.1, 0.15) is 12.5 Å². The topological polar surface area (TPSA) is 50.4 Å². The van der Waals surface area contributed by atoms with E-state index in [2.05, 4.69) is 10.6 Å². The lowest BCUT2D eigenvalue weighted by Crippen LogP contribution is -2.39. The molecule has 1 atom stereocenters. The van der Waals surface area contributed by atoms with E-state index in [1.165, 1.54) is 0 Å². The predicted molar refractivity (Wildman–Crippen MR) is 67.6 cm³/mol. The van der Waals surface area contributed by atoms with Crippen molar-refractivity contribution in [2.45, 2.75) is 19.5 Å². The van der Waals surface area contributed by atoms with Gasteiger partial charge in [0.1, 0.15) is 0 Å². The smallest absolute Gasteiger partial charge is 0.234 e. The maximum atomic E-state index is 11.5. The van der Waals surface area contributed by atoms with Crippen molar-refractivity contribution in [3.05, 3.63) is 35.9 Å². The van der Waals surface area contributed by atoms with Crippen molar-refractivity contribution >= 4 is 5.91 Å². The minimum Gasteiger partial charge on any atom is -0.383 e. The van der Waals surface area contributed by atoms with Crippen LogP contribution in [0.25, 0.3) is 0 Å². The summed E-state index contributed by atoms with van der Waals surface area (Å²) in [7, 11) is 1.65. The van der Waals surface area contributed by atoms with E-state index < -0.39 is 0 Å². The zero-order chi connectivity index (χ0) is 12.5. The fourth-order valence-electron chi connectivity index (χ4n) is 1.43. The average molecular weight is 236 g/mol. The molecule has 0 aliphatic rings. The Hall–Kier alpha value is -1.39. The average Bonchev–Trinajstić information content (AvgIpc) is 2.35. The summed E-state index contributed by atoms with van der Waals surface area (Å²) in [4.78, 5) is 11.5. The molecule has 0 saturated carbocycles. The summed E-state index contributed by atoms with van der Waals surface area (Å²) in [6, 6.07) is 10.0. The van der Waals surface area contributed by atoms with Crippen LogP contribution in [-0.4, -0.2) is 32.2 Å². The highest BCUT2D eigenvalue weighted by molar-refractivity contribution is 5.77. The van der Waals surface area contributed by atoms with Crippen LogP contribution in [0.2, 0.25) is 0 Å². The van der Waals surface area contributed by atoms with E-state index in [1.54, 1.807) is 7.11 Å². The van der Waals surface area contributed by atoms with Gasteiger partial charge in [-0.05, 0) is 12.5 Å². The summed E-state index contributed by atoms with van der Waals surface area (Å²) < 4.78 is 4.97. The van der Waals surface area contributed by atoms with Crippen LogP contribution in [0.3, 0.4) is 0 Å². The maximum absolute atomic E-state index is 11.5. The third-order valence-electron chi connectivity index (χ3n) is 2.36. The van der Waals surface area contributed by atoms with Crippen LogP contribution < -0.4 is 10.6 Å². The summed E-state index contributed by atoms with van der Waals surface area (Å²) in [5, 5.41) is 5.94. The lowest BCUT2D eigenvalue weighted by Gasteiger charge is -2.12. The molecular formula is C13H20N2O2. The number of carbonyl (C=O) groups is 1. The van der Waals surface area contributed by atoms with Gasteiger partial charge in [-0.1, -0.05) is 30.3 Å². The van der Waals surface area contributed by atoms with Gasteiger partial charge >= 0.3 is 0 Å². The first-order chi connectivity index (χ1) is 8.22. The maximum Gasteiger partial charge on any atom is 0.234 e. The van der Waals surface area contributed by atoms with Gasteiger partial charge in [0.15, 0.2) is 0 Å². The number of carbonyl (C=O) groups excluding carboxylic acids is 1. The monoisotopic (exact) mass is 236 g/mol. The Labute approximate surface area is 102 Å². The van der Waals surface area contributed by atoms with Crippen LogP contribution in [0.15, 0.2) is 30.3 Å². The van der Waals surface area contributed by atoms with Crippen LogP contribution >= 0.6 is 0 Å². The molecule has 1 unspecified atom stereocenters. The number of amides is 1. The fourth-order valence-corrected chi connectivity index (χ4v) is 1.43. The standard InChI is InChI=1S/C13H20N2O2/c1-11(10-17-2)14-9-13(16)15-8-12-6-4-3-5-7-12/h3-7,11,14H,8-10H2,1-2H3,(H,15,16). The summed E-state index contributed by atoms with van der Waals surface area (Å²) >= 11 is 0. The molecule has 1 amide bonds. The number of benzene rings is 1. The SMILES string of the molecule is COCC(C)NCC(=O)NCc1ccccc1. The number of nitrogens with one attached hydrogen (secondary N) is 2. The zero-order valence-corrected chi connectivity index (χ0v) is 10.4. The third-order valence-corrected chi connectivity index (χ3v) is 2.36. The Bertz CT molecular complexity index is 327. The molecule has 0 fully saturated rings. The largest absolute Gasteiger partial charge is 0.383 e. The highest BCUT2D eigenvalue weighted by atomic mass is 16.5. The van der Waals surface area contributed by atoms with Crippen molar-refractivity contribution in [2.75, 3.05) is 20.3 Å². The molecule has 1 aromatic rings. The number of hydrogen-bond acceptors (Lipinski definition) is 3. The quantitative estimate of drug-likeness (QED) is 0.740. The number of methoxy groups -OCH3 is 1. The second-order valence-corrected chi connectivity index (χ2v) is 4.00. The van der Waals surface area contributed by atoms with E-state index in [4.69, 9.17) is 4.74 Å². The molecular weight excluding hydrogens is 216 g/mol. The fraction of sp³-hybridized carbons (Fsp3) is 0.462. The second-order valence-electron chi connectivity index (χ2n) is 4.00. The molecule has 2 N–H and O–H groups in total. The Morgan fingerprint density at radius 3 is 2.71 bits per heavy atom. The molecule has 0 aromatic heterocycles. The molecule has 0 saturated heterocycles. The first kappa shape index (κ1) is 13.7. The summed E-state index contributed by atoms with van der Waals surface area (Å²) in [6.07, 6.45) is 0. The molecule has 1 aromatic carbocycles. The molecule has 0 bridgehead atoms. The van der Waals surface area contributed by atoms with Gasteiger partial charge in [0.25, 0.3) is 0 Å². The normalized spacial score (nSPS) is 12.1. The summed E-state index contributed by atoms with van der Waals surface area (Å²) in [6.45, 7) is 3.47. The van der Waals surface area contributed by atoms with Crippen molar-refractivity contribution in [3.63, 3.8) is 0 Å². The van der Waals surface area contributed by atoms with Gasteiger partial charge in [0.2, 0.25) is 5.91 Å². The first-order valence-corrected chi connectivity index (χ1v) is 5.75. The third kappa shape index (κ3) is 6.04. The molecule has 4 heteroatoms. The molecule has 0 aliphatic carbocycles. The Morgan fingerprint density at radius 2 is 2.06 bits per heavy atom. The summed E-state index contributed by atoms with van der Waals surface area (Å²) in [5.74, 6) is -0.00296. The zero-order valence-electron chi connectivity index (χ0n) is 10.4. The van der Waals surface area contributed by atoms with E-state index in [9.17, 15) is 4.79 Å². The highest BCUT2D eigenvalue weighted by Crippen LogP contribution is 1.96. The predicted octanol–water partition coefficient (Wildman–Crippen LogP) is 0.927. The van der Waals surface area contributed by atoms with E-state index in [1.807, 2.05) is 37.3 Å². The second kappa shape index (κ2) is 7.81. The lowest BCUT2D eigenvalue weighted by molar-refractivity contribution is -0.120. The Kier molecular flexibility index (Phi) is 6.29. The van der Waals surface area contributed by atoms with E-state index in [0.717, 1.165) is 5.56 Å². The molecule has 0 aliphatic heterocycles. The number of rotatable bonds is 7. The van der Waals surface area contributed by atoms with Crippen molar-refractivity contribution in [3.8, 4) is 0 Å². The highest BCUT2D eigenvalue weighted by Gasteiger charge is 2.04. The number of ether oxygens (including phenoxy) is 1. The van der Waals surface area contributed by atoms with E-state index in [-0.39, 0.29) is 11.9 Å². The van der Waals surface area contributed by atoms with Crippen molar-refractivity contribution < 1.29 is 9.53 Å². The molecule has 17 heavy (non-hydrogen) atoms. The molecule has 4 nitrogen and oxygen atoms in total. The van der Waals surface area contributed by atoms with Gasteiger partial charge in [-0.3, -0.25) is 4.79 Å². The Balaban J connectivity index is 2.17. The van der Waals surface area contributed by atoms with Crippen molar-refractivity contribution in [1.29, 1.82) is 0 Å². The van der Waals surface area contributed by atoms with Gasteiger partial charge in [0, 0.05) is 19.7 Å². The number of hydrogen-bond donors (Lipinski definition) is 2. The van der Waals surface area contributed by atoms with Crippen LogP contribution in [0, 0.1) is 0 Å². The first-order valence-electron chi connectivity index (χ1n) is 5.75.